The molecule has 0 saturated carbocycles. The molecule has 0 saturated heterocycles. The van der Waals surface area contributed by atoms with Crippen LogP contribution in [-0.2, 0) is 4.79 Å². The van der Waals surface area contributed by atoms with Gasteiger partial charge in [0.15, 0.2) is 0 Å². The molecule has 0 heterocycles. The summed E-state index contributed by atoms with van der Waals surface area (Å²) in [4.78, 5) is 12.6. The van der Waals surface area contributed by atoms with Gasteiger partial charge in [0.25, 0.3) is 0 Å². The van der Waals surface area contributed by atoms with Gasteiger partial charge in [-0.05, 0) is 64.2 Å². The minimum absolute atomic E-state index is 0.362. The number of unbranched alkanes of at least 4 members (excludes halogenated alkanes) is 38. The predicted octanol–water partition coefficient (Wildman–Crippen LogP) is 16.8. The Labute approximate surface area is 405 Å². The Morgan fingerprint density at radius 1 is 0.369 bits per heavy atom. The molecule has 6 heteroatoms. The molecule has 0 bridgehead atoms. The Hall–Kier alpha value is -1.47. The SMILES string of the molecule is CCCCCCCCCCCCCCCCCCC/C=C/CC/C=C/CC/C=C/CCCC(O)C(O)C(CO)NC(=O)C(O)CCCCCCCCCCCCCCCCCCCCC. The molecule has 384 valence electrons. The summed E-state index contributed by atoms with van der Waals surface area (Å²) < 4.78 is 0. The molecule has 0 aliphatic heterocycles. The highest BCUT2D eigenvalue weighted by atomic mass is 16.3. The second kappa shape index (κ2) is 53.5. The van der Waals surface area contributed by atoms with Crippen molar-refractivity contribution in [3.05, 3.63) is 36.5 Å². The second-order valence-corrected chi connectivity index (χ2v) is 20.0. The average molecular weight is 917 g/mol. The second-order valence-electron chi connectivity index (χ2n) is 20.0. The van der Waals surface area contributed by atoms with E-state index in [1.807, 2.05) is 0 Å². The molecule has 0 aromatic rings. The monoisotopic (exact) mass is 916 g/mol. The van der Waals surface area contributed by atoms with Crippen LogP contribution in [0.25, 0.3) is 0 Å². The standard InChI is InChI=1S/C59H113NO5/c1-3-5-7-9-11-13-15-17-19-21-23-24-25-26-27-28-29-30-31-32-33-35-36-38-40-42-44-46-48-50-52-56(62)58(64)55(54-61)60-59(65)57(63)53-51-49-47-45-43-41-39-37-34-22-20-18-16-14-12-10-8-6-4-2/h31-32,36,38,44,46,55-58,61-64H,3-30,33-35,37,39-43,45,47-54H2,1-2H3,(H,60,65)/b32-31+,38-36+,46-44+. The fraction of sp³-hybridized carbons (Fsp3) is 0.881. The minimum atomic E-state index is -1.29. The van der Waals surface area contributed by atoms with Crippen molar-refractivity contribution in [3.63, 3.8) is 0 Å². The Kier molecular flexibility index (Phi) is 52.3. The third kappa shape index (κ3) is 47.4. The molecule has 65 heavy (non-hydrogen) atoms. The molecule has 0 rings (SSSR count). The topological polar surface area (TPSA) is 110 Å². The molecule has 0 aliphatic rings. The van der Waals surface area contributed by atoms with Crippen LogP contribution < -0.4 is 5.32 Å². The lowest BCUT2D eigenvalue weighted by Crippen LogP contribution is -2.53. The highest BCUT2D eigenvalue weighted by Gasteiger charge is 2.28. The summed E-state index contributed by atoms with van der Waals surface area (Å²) in [6, 6.07) is -1.01. The smallest absolute Gasteiger partial charge is 0.249 e. The Bertz CT molecular complexity index is 1030. The van der Waals surface area contributed by atoms with Crippen LogP contribution in [0.5, 0.6) is 0 Å². The summed E-state index contributed by atoms with van der Waals surface area (Å²) >= 11 is 0. The molecule has 0 spiro atoms. The zero-order valence-corrected chi connectivity index (χ0v) is 43.5. The van der Waals surface area contributed by atoms with Crippen molar-refractivity contribution in [2.75, 3.05) is 6.61 Å². The van der Waals surface area contributed by atoms with E-state index in [1.54, 1.807) is 0 Å². The number of nitrogens with one attached hydrogen (secondary N) is 1. The third-order valence-corrected chi connectivity index (χ3v) is 13.6. The van der Waals surface area contributed by atoms with E-state index in [1.165, 1.54) is 218 Å². The van der Waals surface area contributed by atoms with Crippen LogP contribution in [0.3, 0.4) is 0 Å². The van der Waals surface area contributed by atoms with Crippen molar-refractivity contribution in [3.8, 4) is 0 Å². The van der Waals surface area contributed by atoms with Gasteiger partial charge in [-0.25, -0.2) is 0 Å². The molecular formula is C59H113NO5. The first kappa shape index (κ1) is 63.5. The number of allylic oxidation sites excluding steroid dienone is 6. The quantitative estimate of drug-likeness (QED) is 0.0308. The Morgan fingerprint density at radius 3 is 0.969 bits per heavy atom. The first-order valence-electron chi connectivity index (χ1n) is 28.9. The number of amides is 1. The highest BCUT2D eigenvalue weighted by Crippen LogP contribution is 2.17. The lowest BCUT2D eigenvalue weighted by molar-refractivity contribution is -0.132. The summed E-state index contributed by atoms with van der Waals surface area (Å²) in [5.74, 6) is -0.595. The van der Waals surface area contributed by atoms with E-state index in [2.05, 4.69) is 55.6 Å². The first-order valence-corrected chi connectivity index (χ1v) is 28.9. The zero-order chi connectivity index (χ0) is 47.4. The molecule has 0 fully saturated rings. The maximum absolute atomic E-state index is 12.6. The molecule has 6 nitrogen and oxygen atoms in total. The minimum Gasteiger partial charge on any atom is -0.394 e. The number of hydrogen-bond acceptors (Lipinski definition) is 5. The van der Waals surface area contributed by atoms with Gasteiger partial charge in [-0.15, -0.1) is 0 Å². The van der Waals surface area contributed by atoms with Gasteiger partial charge in [-0.3, -0.25) is 4.79 Å². The molecular weight excluding hydrogens is 803 g/mol. The molecule has 0 aromatic carbocycles. The van der Waals surface area contributed by atoms with Crippen molar-refractivity contribution in [2.24, 2.45) is 0 Å². The van der Waals surface area contributed by atoms with E-state index < -0.39 is 36.9 Å². The van der Waals surface area contributed by atoms with Gasteiger partial charge in [0, 0.05) is 0 Å². The fourth-order valence-corrected chi connectivity index (χ4v) is 9.03. The summed E-state index contributed by atoms with van der Waals surface area (Å²) in [5, 5.41) is 43.9. The summed E-state index contributed by atoms with van der Waals surface area (Å²) in [6.45, 7) is 4.07. The van der Waals surface area contributed by atoms with Gasteiger partial charge in [0.05, 0.1) is 18.8 Å². The normalized spacial score (nSPS) is 14.0. The number of hydrogen-bond donors (Lipinski definition) is 5. The van der Waals surface area contributed by atoms with Crippen LogP contribution >= 0.6 is 0 Å². The number of aliphatic hydroxyl groups excluding tert-OH is 4. The van der Waals surface area contributed by atoms with Gasteiger partial charge in [0.1, 0.15) is 12.2 Å². The van der Waals surface area contributed by atoms with E-state index in [0.717, 1.165) is 51.4 Å². The molecule has 0 aliphatic carbocycles. The molecule has 0 aromatic heterocycles. The van der Waals surface area contributed by atoms with Crippen LogP contribution in [0.2, 0.25) is 0 Å². The number of aliphatic hydroxyl groups is 4. The summed E-state index contributed by atoms with van der Waals surface area (Å²) in [5.41, 5.74) is 0. The van der Waals surface area contributed by atoms with Gasteiger partial charge in [0.2, 0.25) is 5.91 Å². The first-order chi connectivity index (χ1) is 32.0. The van der Waals surface area contributed by atoms with Gasteiger partial charge in [-0.2, -0.15) is 0 Å². The maximum Gasteiger partial charge on any atom is 0.249 e. The van der Waals surface area contributed by atoms with E-state index in [-0.39, 0.29) is 0 Å². The van der Waals surface area contributed by atoms with E-state index >= 15 is 0 Å². The number of carbonyl (C=O) groups excluding carboxylic acids is 1. The van der Waals surface area contributed by atoms with Gasteiger partial charge >= 0.3 is 0 Å². The van der Waals surface area contributed by atoms with Crippen LogP contribution in [0.15, 0.2) is 36.5 Å². The van der Waals surface area contributed by atoms with Crippen molar-refractivity contribution < 1.29 is 25.2 Å². The van der Waals surface area contributed by atoms with Crippen LogP contribution in [0.1, 0.15) is 303 Å². The van der Waals surface area contributed by atoms with Crippen molar-refractivity contribution in [1.82, 2.24) is 5.32 Å². The fourth-order valence-electron chi connectivity index (χ4n) is 9.03. The predicted molar refractivity (Wildman–Crippen MR) is 284 cm³/mol. The highest BCUT2D eigenvalue weighted by molar-refractivity contribution is 5.80. The molecule has 0 radical (unpaired) electrons. The van der Waals surface area contributed by atoms with Gasteiger partial charge < -0.3 is 25.7 Å². The largest absolute Gasteiger partial charge is 0.394 e. The third-order valence-electron chi connectivity index (χ3n) is 13.6. The van der Waals surface area contributed by atoms with E-state index in [4.69, 9.17) is 0 Å². The van der Waals surface area contributed by atoms with Crippen molar-refractivity contribution in [1.29, 1.82) is 0 Å². The molecule has 1 amide bonds. The average Bonchev–Trinajstić information content (AvgIpc) is 3.31. The van der Waals surface area contributed by atoms with Crippen molar-refractivity contribution >= 4 is 5.91 Å². The zero-order valence-electron chi connectivity index (χ0n) is 43.5. The summed E-state index contributed by atoms with van der Waals surface area (Å²) in [6.07, 6.45) is 66.5. The Balaban J connectivity index is 3.68. The maximum atomic E-state index is 12.6. The summed E-state index contributed by atoms with van der Waals surface area (Å²) in [7, 11) is 0. The Morgan fingerprint density at radius 2 is 0.646 bits per heavy atom. The molecule has 4 atom stereocenters. The lowest BCUT2D eigenvalue weighted by Gasteiger charge is -2.27. The van der Waals surface area contributed by atoms with Crippen LogP contribution in [0, 0.1) is 0 Å². The molecule has 5 N–H and O–H groups in total. The van der Waals surface area contributed by atoms with Crippen LogP contribution in [-0.4, -0.2) is 57.3 Å². The van der Waals surface area contributed by atoms with Crippen LogP contribution in [0.4, 0.5) is 0 Å². The lowest BCUT2D eigenvalue weighted by atomic mass is 10.00. The molecule has 4 unspecified atom stereocenters. The van der Waals surface area contributed by atoms with E-state index in [0.29, 0.717) is 19.3 Å². The number of carbonyl (C=O) groups is 1. The van der Waals surface area contributed by atoms with Crippen molar-refractivity contribution in [2.45, 2.75) is 327 Å². The van der Waals surface area contributed by atoms with E-state index in [9.17, 15) is 25.2 Å². The number of rotatable bonds is 53. The van der Waals surface area contributed by atoms with Gasteiger partial charge in [-0.1, -0.05) is 275 Å².